The van der Waals surface area contributed by atoms with Crippen LogP contribution in [-0.4, -0.2) is 66.7 Å². The minimum absolute atomic E-state index is 0.0656. The summed E-state index contributed by atoms with van der Waals surface area (Å²) in [4.78, 5) is 33.3. The number of rotatable bonds is 6. The Kier molecular flexibility index (Phi) is 6.61. The second-order valence-corrected chi connectivity index (χ2v) is 11.1. The first-order valence-corrected chi connectivity index (χ1v) is 13.1. The van der Waals surface area contributed by atoms with Crippen molar-refractivity contribution in [2.45, 2.75) is 62.4 Å². The molecule has 2 aliphatic heterocycles. The molecule has 0 aliphatic carbocycles. The monoisotopic (exact) mass is 493 g/mol. The van der Waals surface area contributed by atoms with E-state index in [9.17, 15) is 22.4 Å². The Labute approximate surface area is 197 Å². The maximum atomic E-state index is 14.5. The Balaban J connectivity index is 1.42. The molecule has 1 aromatic heterocycles. The molecule has 1 aromatic carbocycles. The van der Waals surface area contributed by atoms with Crippen LogP contribution in [0, 0.1) is 5.82 Å². The van der Waals surface area contributed by atoms with E-state index in [1.54, 1.807) is 4.90 Å². The minimum Gasteiger partial charge on any atom is -0.371 e. The van der Waals surface area contributed by atoms with E-state index < -0.39 is 21.7 Å². The molecule has 184 valence electrons. The summed E-state index contributed by atoms with van der Waals surface area (Å²) in [5.74, 6) is -0.532. The van der Waals surface area contributed by atoms with Crippen LogP contribution in [0.15, 0.2) is 27.6 Å². The summed E-state index contributed by atoms with van der Waals surface area (Å²) in [6, 6.07) is 2.82. The molecule has 34 heavy (non-hydrogen) atoms. The number of carbonyl (C=O) groups is 2. The quantitative estimate of drug-likeness (QED) is 0.650. The number of amides is 2. The van der Waals surface area contributed by atoms with Crippen LogP contribution in [0.5, 0.6) is 0 Å². The van der Waals surface area contributed by atoms with Crippen molar-refractivity contribution in [2.24, 2.45) is 0 Å². The number of anilines is 2. The lowest BCUT2D eigenvalue weighted by atomic mass is 9.97. The van der Waals surface area contributed by atoms with Gasteiger partial charge >= 0.3 is 6.01 Å². The summed E-state index contributed by atoms with van der Waals surface area (Å²) < 4.78 is 43.0. The summed E-state index contributed by atoms with van der Waals surface area (Å²) in [5, 5.41) is 6.82. The molecule has 2 fully saturated rings. The number of halogens is 1. The number of hydrogen-bond acceptors (Lipinski definition) is 8. The lowest BCUT2D eigenvalue weighted by Crippen LogP contribution is -2.56. The molecule has 10 nitrogen and oxygen atoms in total. The van der Waals surface area contributed by atoms with E-state index in [4.69, 9.17) is 4.52 Å². The van der Waals surface area contributed by atoms with Crippen molar-refractivity contribution in [2.75, 3.05) is 29.6 Å². The zero-order chi connectivity index (χ0) is 24.6. The molecule has 2 aromatic rings. The smallest absolute Gasteiger partial charge is 0.330 e. The van der Waals surface area contributed by atoms with Gasteiger partial charge in [-0.1, -0.05) is 19.0 Å². The van der Waals surface area contributed by atoms with Crippen molar-refractivity contribution in [1.29, 1.82) is 0 Å². The highest BCUT2D eigenvalue weighted by atomic mass is 32.2. The maximum Gasteiger partial charge on any atom is 0.330 e. The number of nitrogens with one attached hydrogen (secondary N) is 1. The summed E-state index contributed by atoms with van der Waals surface area (Å²) in [7, 11) is -3.54. The van der Waals surface area contributed by atoms with Gasteiger partial charge < -0.3 is 14.7 Å². The van der Waals surface area contributed by atoms with Crippen molar-refractivity contribution in [3.63, 3.8) is 0 Å². The van der Waals surface area contributed by atoms with Gasteiger partial charge in [-0.15, -0.1) is 0 Å². The zero-order valence-electron chi connectivity index (χ0n) is 19.3. The Morgan fingerprint density at radius 2 is 1.97 bits per heavy atom. The fourth-order valence-electron chi connectivity index (χ4n) is 4.28. The average Bonchev–Trinajstić information content (AvgIpc) is 3.26. The molecule has 4 rings (SSSR count). The molecule has 12 heteroatoms. The van der Waals surface area contributed by atoms with E-state index in [-0.39, 0.29) is 46.8 Å². The van der Waals surface area contributed by atoms with Gasteiger partial charge in [0.2, 0.25) is 11.8 Å². The van der Waals surface area contributed by atoms with Crippen LogP contribution in [0.2, 0.25) is 0 Å². The topological polar surface area (TPSA) is 126 Å². The highest BCUT2D eigenvalue weighted by molar-refractivity contribution is 7.90. The first-order valence-electron chi connectivity index (χ1n) is 11.2. The molecule has 2 atom stereocenters. The van der Waals surface area contributed by atoms with E-state index >= 15 is 0 Å². The molecule has 2 amide bonds. The Hall–Kier alpha value is -3.02. The molecule has 0 radical (unpaired) electrons. The molecule has 2 saturated heterocycles. The molecular weight excluding hydrogens is 465 g/mol. The van der Waals surface area contributed by atoms with E-state index in [0.717, 1.165) is 12.3 Å². The first-order chi connectivity index (χ1) is 16.0. The van der Waals surface area contributed by atoms with Gasteiger partial charge in [0.25, 0.3) is 0 Å². The van der Waals surface area contributed by atoms with Gasteiger partial charge in [0.05, 0.1) is 10.6 Å². The number of carbonyl (C=O) groups excluding carboxylic acids is 2. The molecule has 0 spiro atoms. The lowest BCUT2D eigenvalue weighted by molar-refractivity contribution is -0.138. The highest BCUT2D eigenvalue weighted by Crippen LogP contribution is 2.28. The van der Waals surface area contributed by atoms with Gasteiger partial charge in [-0.3, -0.25) is 14.5 Å². The van der Waals surface area contributed by atoms with Crippen LogP contribution in [0.25, 0.3) is 0 Å². The lowest BCUT2D eigenvalue weighted by Gasteiger charge is -2.41. The predicted octanol–water partition coefficient (Wildman–Crippen LogP) is 2.33. The normalized spacial score (nSPS) is 21.9. The van der Waals surface area contributed by atoms with Gasteiger partial charge in [0.15, 0.2) is 15.7 Å². The van der Waals surface area contributed by atoms with Crippen LogP contribution >= 0.6 is 0 Å². The van der Waals surface area contributed by atoms with E-state index in [1.807, 2.05) is 13.8 Å². The van der Waals surface area contributed by atoms with Crippen LogP contribution in [0.4, 0.5) is 16.1 Å². The largest absolute Gasteiger partial charge is 0.371 e. The highest BCUT2D eigenvalue weighted by Gasteiger charge is 2.38. The van der Waals surface area contributed by atoms with Gasteiger partial charge in [-0.25, -0.2) is 12.8 Å². The number of sulfone groups is 1. The third-order valence-corrected chi connectivity index (χ3v) is 7.30. The zero-order valence-corrected chi connectivity index (χ0v) is 20.1. The fourth-order valence-corrected chi connectivity index (χ4v) is 4.92. The van der Waals surface area contributed by atoms with Crippen LogP contribution < -0.4 is 10.2 Å². The molecule has 0 saturated carbocycles. The minimum atomic E-state index is -3.54. The van der Waals surface area contributed by atoms with Crippen molar-refractivity contribution in [3.8, 4) is 0 Å². The molecule has 1 unspecified atom stereocenters. The summed E-state index contributed by atoms with van der Waals surface area (Å²) >= 11 is 0. The van der Waals surface area contributed by atoms with Crippen LogP contribution in [-0.2, 0) is 19.4 Å². The molecule has 1 N–H and O–H groups in total. The Morgan fingerprint density at radius 3 is 2.59 bits per heavy atom. The number of hydrogen-bond donors (Lipinski definition) is 1. The number of nitrogens with zero attached hydrogens (tertiary/aromatic N) is 4. The number of aromatic nitrogens is 2. The van der Waals surface area contributed by atoms with Crippen molar-refractivity contribution >= 4 is 33.4 Å². The van der Waals surface area contributed by atoms with E-state index in [0.29, 0.717) is 38.2 Å². The predicted molar refractivity (Wildman–Crippen MR) is 122 cm³/mol. The number of piperidine rings is 2. The standard InChI is InChI=1S/C22H28FN5O5S/c1-13(2)20-25-22(33-26-20)28-10-8-14(11-19(28)29)27-9-4-5-18(21(27)30)24-17-7-6-15(12-16(17)23)34(3,31)32/h6-7,12-14,18,24H,4-5,8-11H2,1-3H3/t14-,18?/m0/s1. The van der Waals surface area contributed by atoms with Gasteiger partial charge in [-0.2, -0.15) is 4.98 Å². The second kappa shape index (κ2) is 9.32. The van der Waals surface area contributed by atoms with E-state index in [2.05, 4.69) is 15.5 Å². The third-order valence-electron chi connectivity index (χ3n) is 6.19. The van der Waals surface area contributed by atoms with Crippen LogP contribution in [0.3, 0.4) is 0 Å². The SMILES string of the molecule is CC(C)c1noc(N2CC[C@H](N3CCCC(Nc4ccc(S(C)(=O)=O)cc4F)C3=O)CC2=O)n1. The van der Waals surface area contributed by atoms with Gasteiger partial charge in [0, 0.05) is 37.7 Å². The van der Waals surface area contributed by atoms with Crippen LogP contribution in [0.1, 0.15) is 51.3 Å². The van der Waals surface area contributed by atoms with Crippen molar-refractivity contribution < 1.29 is 26.9 Å². The second-order valence-electron chi connectivity index (χ2n) is 9.07. The Morgan fingerprint density at radius 1 is 1.21 bits per heavy atom. The number of likely N-dealkylation sites (tertiary alicyclic amines) is 1. The maximum absolute atomic E-state index is 14.5. The molecule has 3 heterocycles. The average molecular weight is 494 g/mol. The summed E-state index contributed by atoms with van der Waals surface area (Å²) in [6.45, 7) is 4.73. The van der Waals surface area contributed by atoms with E-state index in [1.165, 1.54) is 17.0 Å². The Bertz CT molecular complexity index is 1200. The summed E-state index contributed by atoms with van der Waals surface area (Å²) in [6.07, 6.45) is 2.90. The fraction of sp³-hybridized carbons (Fsp3) is 0.545. The molecule has 2 aliphatic rings. The molecular formula is C22H28FN5O5S. The van der Waals surface area contributed by atoms with Gasteiger partial charge in [0.1, 0.15) is 11.9 Å². The van der Waals surface area contributed by atoms with Crippen molar-refractivity contribution in [1.82, 2.24) is 15.0 Å². The van der Waals surface area contributed by atoms with Crippen molar-refractivity contribution in [3.05, 3.63) is 29.8 Å². The summed E-state index contributed by atoms with van der Waals surface area (Å²) in [5.41, 5.74) is 0.0656. The number of benzene rings is 1. The first kappa shape index (κ1) is 24.1. The van der Waals surface area contributed by atoms with Gasteiger partial charge in [-0.05, 0) is 37.5 Å². The third kappa shape index (κ3) is 4.91. The molecule has 0 bridgehead atoms.